The van der Waals surface area contributed by atoms with Crippen molar-refractivity contribution in [3.8, 4) is 5.75 Å². The maximum atomic E-state index is 12.3. The van der Waals surface area contributed by atoms with E-state index in [1.54, 1.807) is 11.3 Å². The van der Waals surface area contributed by atoms with Gasteiger partial charge in [-0.3, -0.25) is 9.69 Å². The molecular weight excluding hydrogens is 356 g/mol. The van der Waals surface area contributed by atoms with Gasteiger partial charge in [-0.15, -0.1) is 11.3 Å². The van der Waals surface area contributed by atoms with Crippen LogP contribution < -0.4 is 10.1 Å². The third kappa shape index (κ3) is 5.56. The highest BCUT2D eigenvalue weighted by Gasteiger charge is 2.25. The zero-order chi connectivity index (χ0) is 19.2. The Balaban J connectivity index is 1.53. The molecule has 3 rings (SSSR count). The number of carbonyl (C=O) groups is 1. The summed E-state index contributed by atoms with van der Waals surface area (Å²) < 4.78 is 5.66. The molecule has 0 radical (unpaired) electrons. The molecule has 27 heavy (non-hydrogen) atoms. The van der Waals surface area contributed by atoms with E-state index >= 15 is 0 Å². The molecule has 4 nitrogen and oxygen atoms in total. The van der Waals surface area contributed by atoms with Gasteiger partial charge in [-0.05, 0) is 80.4 Å². The van der Waals surface area contributed by atoms with E-state index in [0.29, 0.717) is 6.54 Å². The fourth-order valence-corrected chi connectivity index (χ4v) is 4.31. The van der Waals surface area contributed by atoms with Crippen molar-refractivity contribution in [2.24, 2.45) is 5.92 Å². The Morgan fingerprint density at radius 1 is 1.26 bits per heavy atom. The molecule has 1 amide bonds. The summed E-state index contributed by atoms with van der Waals surface area (Å²) in [6, 6.07) is 10.4. The summed E-state index contributed by atoms with van der Waals surface area (Å²) in [6.07, 6.45) is 2.46. The number of aryl methyl sites for hydroxylation is 2. The highest BCUT2D eigenvalue weighted by molar-refractivity contribution is 7.10. The van der Waals surface area contributed by atoms with Crippen LogP contribution >= 0.6 is 11.3 Å². The van der Waals surface area contributed by atoms with Crippen molar-refractivity contribution in [3.05, 3.63) is 51.7 Å². The molecule has 1 fully saturated rings. The Kier molecular flexibility index (Phi) is 6.91. The van der Waals surface area contributed by atoms with Crippen LogP contribution in [0.5, 0.6) is 5.75 Å². The monoisotopic (exact) mass is 386 g/mol. The molecule has 0 saturated carbocycles. The zero-order valence-corrected chi connectivity index (χ0v) is 17.3. The number of rotatable bonds is 7. The van der Waals surface area contributed by atoms with E-state index in [4.69, 9.17) is 4.74 Å². The molecule has 5 heteroatoms. The molecule has 1 N–H and O–H groups in total. The van der Waals surface area contributed by atoms with Crippen LogP contribution in [0.4, 0.5) is 0 Å². The number of ether oxygens (including phenoxy) is 1. The molecule has 2 aromatic rings. The van der Waals surface area contributed by atoms with E-state index in [-0.39, 0.29) is 18.6 Å². The van der Waals surface area contributed by atoms with Gasteiger partial charge in [0.05, 0.1) is 6.04 Å². The second kappa shape index (κ2) is 9.38. The van der Waals surface area contributed by atoms with Crippen LogP contribution in [0, 0.1) is 19.8 Å². The number of carbonyl (C=O) groups excluding carboxylic acids is 1. The smallest absolute Gasteiger partial charge is 0.258 e. The first-order valence-electron chi connectivity index (χ1n) is 9.77. The summed E-state index contributed by atoms with van der Waals surface area (Å²) in [7, 11) is 0. The average Bonchev–Trinajstić information content (AvgIpc) is 3.19. The average molecular weight is 387 g/mol. The highest BCUT2D eigenvalue weighted by Crippen LogP contribution is 2.29. The molecule has 0 unspecified atom stereocenters. The lowest BCUT2D eigenvalue weighted by molar-refractivity contribution is -0.123. The number of benzene rings is 1. The SMILES string of the molecule is Cc1ccc(OCC(=O)NC[C@H](c2cccs2)N2CCC(C)CC2)cc1C. The molecule has 1 aromatic carbocycles. The van der Waals surface area contributed by atoms with Crippen molar-refractivity contribution in [3.63, 3.8) is 0 Å². The number of piperidine rings is 1. The fourth-order valence-electron chi connectivity index (χ4n) is 3.44. The van der Waals surface area contributed by atoms with Crippen molar-refractivity contribution < 1.29 is 9.53 Å². The summed E-state index contributed by atoms with van der Waals surface area (Å²) in [5.41, 5.74) is 2.39. The van der Waals surface area contributed by atoms with E-state index in [0.717, 1.165) is 24.8 Å². The number of nitrogens with zero attached hydrogens (tertiary/aromatic N) is 1. The van der Waals surface area contributed by atoms with Gasteiger partial charge in [0, 0.05) is 11.4 Å². The Hall–Kier alpha value is -1.85. The number of nitrogens with one attached hydrogen (secondary N) is 1. The van der Waals surface area contributed by atoms with E-state index in [1.807, 2.05) is 25.1 Å². The van der Waals surface area contributed by atoms with Crippen molar-refractivity contribution >= 4 is 17.2 Å². The van der Waals surface area contributed by atoms with Crippen molar-refractivity contribution in [1.82, 2.24) is 10.2 Å². The fraction of sp³-hybridized carbons (Fsp3) is 0.500. The first-order valence-corrected chi connectivity index (χ1v) is 10.6. The van der Waals surface area contributed by atoms with Crippen LogP contribution in [0.15, 0.2) is 35.7 Å². The van der Waals surface area contributed by atoms with Crippen LogP contribution in [0.1, 0.15) is 41.8 Å². The van der Waals surface area contributed by atoms with Gasteiger partial charge in [-0.25, -0.2) is 0 Å². The second-order valence-electron chi connectivity index (χ2n) is 7.59. The molecular formula is C22H30N2O2S. The standard InChI is InChI=1S/C22H30N2O2S/c1-16-8-10-24(11-9-16)20(21-5-4-12-27-21)14-23-22(25)15-26-19-7-6-17(2)18(3)13-19/h4-7,12-13,16,20H,8-11,14-15H2,1-3H3,(H,23,25)/t20-/m1/s1. The lowest BCUT2D eigenvalue weighted by Gasteiger charge is -2.36. The largest absolute Gasteiger partial charge is 0.484 e. The molecule has 1 aliphatic heterocycles. The van der Waals surface area contributed by atoms with E-state index in [1.165, 1.54) is 28.8 Å². The molecule has 0 bridgehead atoms. The van der Waals surface area contributed by atoms with Gasteiger partial charge < -0.3 is 10.1 Å². The summed E-state index contributed by atoms with van der Waals surface area (Å²) >= 11 is 1.77. The molecule has 0 spiro atoms. The number of hydrogen-bond acceptors (Lipinski definition) is 4. The Bertz CT molecular complexity index is 737. The number of thiophene rings is 1. The Morgan fingerprint density at radius 3 is 2.70 bits per heavy atom. The summed E-state index contributed by atoms with van der Waals surface area (Å²) in [4.78, 5) is 16.2. The zero-order valence-electron chi connectivity index (χ0n) is 16.5. The highest BCUT2D eigenvalue weighted by atomic mass is 32.1. The van der Waals surface area contributed by atoms with Gasteiger partial charge >= 0.3 is 0 Å². The Morgan fingerprint density at radius 2 is 2.04 bits per heavy atom. The predicted molar refractivity (Wildman–Crippen MR) is 111 cm³/mol. The van der Waals surface area contributed by atoms with Gasteiger partial charge in [0.25, 0.3) is 5.91 Å². The minimum absolute atomic E-state index is 0.0523. The van der Waals surface area contributed by atoms with E-state index in [9.17, 15) is 4.79 Å². The van der Waals surface area contributed by atoms with Crippen molar-refractivity contribution in [1.29, 1.82) is 0 Å². The number of amides is 1. The second-order valence-corrected chi connectivity index (χ2v) is 8.57. The maximum Gasteiger partial charge on any atom is 0.258 e. The lowest BCUT2D eigenvalue weighted by Crippen LogP contribution is -2.42. The normalized spacial score (nSPS) is 16.9. The minimum Gasteiger partial charge on any atom is -0.484 e. The van der Waals surface area contributed by atoms with Gasteiger partial charge in [0.2, 0.25) is 0 Å². The molecule has 146 valence electrons. The lowest BCUT2D eigenvalue weighted by atomic mass is 9.97. The topological polar surface area (TPSA) is 41.6 Å². The third-order valence-corrected chi connectivity index (χ3v) is 6.45. The van der Waals surface area contributed by atoms with Crippen LogP contribution in [-0.2, 0) is 4.79 Å². The third-order valence-electron chi connectivity index (χ3n) is 5.47. The summed E-state index contributed by atoms with van der Waals surface area (Å²) in [5, 5.41) is 5.19. The molecule has 1 atom stereocenters. The van der Waals surface area contributed by atoms with Gasteiger partial charge in [-0.2, -0.15) is 0 Å². The summed E-state index contributed by atoms with van der Waals surface area (Å²) in [6.45, 7) is 9.31. The predicted octanol–water partition coefficient (Wildman–Crippen LogP) is 4.33. The van der Waals surface area contributed by atoms with Crippen molar-refractivity contribution in [2.45, 2.75) is 39.7 Å². The van der Waals surface area contributed by atoms with Crippen LogP contribution in [0.25, 0.3) is 0 Å². The number of likely N-dealkylation sites (tertiary alicyclic amines) is 1. The first-order chi connectivity index (χ1) is 13.0. The Labute approximate surface area is 166 Å². The number of hydrogen-bond donors (Lipinski definition) is 1. The summed E-state index contributed by atoms with van der Waals surface area (Å²) in [5.74, 6) is 1.47. The van der Waals surface area contributed by atoms with Crippen LogP contribution in [-0.4, -0.2) is 37.0 Å². The molecule has 0 aliphatic carbocycles. The first kappa shape index (κ1) is 19.9. The molecule has 1 aromatic heterocycles. The van der Waals surface area contributed by atoms with Crippen LogP contribution in [0.3, 0.4) is 0 Å². The van der Waals surface area contributed by atoms with E-state index in [2.05, 4.69) is 41.6 Å². The van der Waals surface area contributed by atoms with Crippen LogP contribution in [0.2, 0.25) is 0 Å². The van der Waals surface area contributed by atoms with Gasteiger partial charge in [-0.1, -0.05) is 19.1 Å². The molecule has 1 aliphatic rings. The van der Waals surface area contributed by atoms with Gasteiger partial charge in [0.15, 0.2) is 6.61 Å². The van der Waals surface area contributed by atoms with Crippen molar-refractivity contribution in [2.75, 3.05) is 26.2 Å². The molecule has 1 saturated heterocycles. The minimum atomic E-state index is -0.0693. The molecule has 2 heterocycles. The van der Waals surface area contributed by atoms with E-state index < -0.39 is 0 Å². The van der Waals surface area contributed by atoms with Gasteiger partial charge in [0.1, 0.15) is 5.75 Å². The maximum absolute atomic E-state index is 12.3. The quantitative estimate of drug-likeness (QED) is 0.770.